The summed E-state index contributed by atoms with van der Waals surface area (Å²) in [6, 6.07) is 0. The molecule has 0 spiro atoms. The molecule has 7 heavy (non-hydrogen) atoms. The molecule has 0 saturated heterocycles. The number of ether oxygens (including phenoxy) is 1. The summed E-state index contributed by atoms with van der Waals surface area (Å²) in [7, 11) is 0. The lowest BCUT2D eigenvalue weighted by atomic mass is 10.8. The Bertz CT molecular complexity index is 32.1. The van der Waals surface area contributed by atoms with Crippen LogP contribution in [0.25, 0.3) is 0 Å². The summed E-state index contributed by atoms with van der Waals surface area (Å²) in [6.07, 6.45) is 0. The summed E-state index contributed by atoms with van der Waals surface area (Å²) in [6.45, 7) is -0.145. The third-order valence-electron chi connectivity index (χ3n) is 0.349. The van der Waals surface area contributed by atoms with Gasteiger partial charge in [-0.15, -0.1) is 0 Å². The molecule has 0 saturated carbocycles. The normalized spacial score (nSPS) is 9.43. The molecule has 0 aromatic heterocycles. The summed E-state index contributed by atoms with van der Waals surface area (Å²) < 4.78 is 20.1. The van der Waals surface area contributed by atoms with Gasteiger partial charge in [0, 0.05) is 0 Å². The van der Waals surface area contributed by atoms with Crippen LogP contribution in [-0.2, 0) is 7.80 Å². The Labute approximate surface area is 55.7 Å². The van der Waals surface area contributed by atoms with Crippen molar-refractivity contribution in [2.45, 2.75) is 0 Å². The van der Waals surface area contributed by atoms with Crippen molar-refractivity contribution in [2.24, 2.45) is 0 Å². The van der Waals surface area contributed by atoms with Gasteiger partial charge < -0.3 is 4.74 Å². The van der Waals surface area contributed by atoms with E-state index in [0.717, 1.165) is 0 Å². The SMILES string of the molecule is FCCOCOI. The van der Waals surface area contributed by atoms with Gasteiger partial charge in [0.1, 0.15) is 29.7 Å². The van der Waals surface area contributed by atoms with E-state index >= 15 is 0 Å². The van der Waals surface area contributed by atoms with Crippen LogP contribution >= 0.6 is 23.0 Å². The summed E-state index contributed by atoms with van der Waals surface area (Å²) in [5.41, 5.74) is 0. The molecule has 0 amide bonds. The van der Waals surface area contributed by atoms with Crippen LogP contribution in [0.3, 0.4) is 0 Å². The minimum atomic E-state index is -0.444. The Hall–Kier alpha value is 0.580. The van der Waals surface area contributed by atoms with E-state index in [2.05, 4.69) is 7.80 Å². The van der Waals surface area contributed by atoms with Gasteiger partial charge in [-0.2, -0.15) is 0 Å². The minimum Gasteiger partial charge on any atom is -0.352 e. The molecule has 0 aliphatic heterocycles. The third-order valence-corrected chi connectivity index (χ3v) is 0.604. The van der Waals surface area contributed by atoms with Gasteiger partial charge in [0.15, 0.2) is 6.79 Å². The Morgan fingerprint density at radius 1 is 1.57 bits per heavy atom. The number of halogens is 2. The largest absolute Gasteiger partial charge is 0.352 e. The fourth-order valence-electron chi connectivity index (χ4n) is 0.145. The molecule has 0 aliphatic carbocycles. The lowest BCUT2D eigenvalue weighted by molar-refractivity contribution is 0.0343. The lowest BCUT2D eigenvalue weighted by Gasteiger charge is -1.93. The molecule has 0 fully saturated rings. The average Bonchev–Trinajstić information content (AvgIpc) is 1.69. The van der Waals surface area contributed by atoms with Gasteiger partial charge in [0.2, 0.25) is 0 Å². The highest BCUT2D eigenvalue weighted by molar-refractivity contribution is 14.1. The van der Waals surface area contributed by atoms with Crippen molar-refractivity contribution in [3.63, 3.8) is 0 Å². The Balaban J connectivity index is 2.45. The van der Waals surface area contributed by atoms with Crippen LogP contribution in [0.1, 0.15) is 0 Å². The van der Waals surface area contributed by atoms with Crippen LogP contribution in [0.15, 0.2) is 0 Å². The predicted octanol–water partition coefficient (Wildman–Crippen LogP) is 1.30. The minimum absolute atomic E-state index is 0.128. The van der Waals surface area contributed by atoms with Gasteiger partial charge >= 0.3 is 0 Å². The fraction of sp³-hybridized carbons (Fsp3) is 1.00. The van der Waals surface area contributed by atoms with Gasteiger partial charge in [0.05, 0.1) is 6.61 Å². The second-order valence-electron chi connectivity index (χ2n) is 0.824. The molecule has 0 aromatic rings. The van der Waals surface area contributed by atoms with Crippen molar-refractivity contribution in [1.29, 1.82) is 0 Å². The van der Waals surface area contributed by atoms with Crippen molar-refractivity contribution in [3.8, 4) is 0 Å². The van der Waals surface area contributed by atoms with Crippen LogP contribution in [0.5, 0.6) is 0 Å². The van der Waals surface area contributed by atoms with Crippen LogP contribution in [-0.4, -0.2) is 20.1 Å². The highest BCUT2D eigenvalue weighted by Crippen LogP contribution is 1.84. The second-order valence-corrected chi connectivity index (χ2v) is 1.45. The van der Waals surface area contributed by atoms with Crippen molar-refractivity contribution in [1.82, 2.24) is 0 Å². The van der Waals surface area contributed by atoms with E-state index < -0.39 is 6.67 Å². The first kappa shape index (κ1) is 7.58. The average molecular weight is 220 g/mol. The zero-order chi connectivity index (χ0) is 5.54. The molecule has 2 nitrogen and oxygen atoms in total. The predicted molar refractivity (Wildman–Crippen MR) is 31.9 cm³/mol. The molecule has 0 atom stereocenters. The summed E-state index contributed by atoms with van der Waals surface area (Å²) in [5.74, 6) is 0. The maximum Gasteiger partial charge on any atom is 0.158 e. The zero-order valence-corrected chi connectivity index (χ0v) is 5.85. The second kappa shape index (κ2) is 6.58. The summed E-state index contributed by atoms with van der Waals surface area (Å²) >= 11 is 1.68. The molecule has 0 bridgehead atoms. The van der Waals surface area contributed by atoms with Crippen molar-refractivity contribution < 1.29 is 12.2 Å². The monoisotopic (exact) mass is 220 g/mol. The standard InChI is InChI=1S/C3H6FIO2/c4-1-2-6-3-7-5/h1-3H2. The highest BCUT2D eigenvalue weighted by Gasteiger charge is 1.80. The van der Waals surface area contributed by atoms with Gasteiger partial charge in [-0.3, -0.25) is 3.07 Å². The maximum atomic E-state index is 11.1. The first-order chi connectivity index (χ1) is 3.41. The Morgan fingerprint density at radius 3 is 2.71 bits per heavy atom. The van der Waals surface area contributed by atoms with Gasteiger partial charge in [0.25, 0.3) is 0 Å². The van der Waals surface area contributed by atoms with Crippen LogP contribution in [0.2, 0.25) is 0 Å². The molecule has 44 valence electrons. The molecular weight excluding hydrogens is 214 g/mol. The number of hydrogen-bond donors (Lipinski definition) is 0. The lowest BCUT2D eigenvalue weighted by Crippen LogP contribution is -1.96. The van der Waals surface area contributed by atoms with Crippen molar-refractivity contribution in [3.05, 3.63) is 0 Å². The molecule has 4 heteroatoms. The molecule has 0 aromatic carbocycles. The van der Waals surface area contributed by atoms with E-state index in [4.69, 9.17) is 0 Å². The molecule has 0 aliphatic rings. The van der Waals surface area contributed by atoms with Crippen molar-refractivity contribution in [2.75, 3.05) is 20.1 Å². The van der Waals surface area contributed by atoms with Crippen LogP contribution in [0, 0.1) is 0 Å². The van der Waals surface area contributed by atoms with Gasteiger partial charge in [-0.05, 0) is 0 Å². The van der Waals surface area contributed by atoms with E-state index in [1.165, 1.54) is 0 Å². The third kappa shape index (κ3) is 6.58. The fourth-order valence-corrected chi connectivity index (χ4v) is 0.325. The molecule has 0 heterocycles. The van der Waals surface area contributed by atoms with Gasteiger partial charge in [-0.25, -0.2) is 4.39 Å². The maximum absolute atomic E-state index is 11.1. The Kier molecular flexibility index (Phi) is 7.13. The van der Waals surface area contributed by atoms with E-state index in [1.807, 2.05) is 0 Å². The van der Waals surface area contributed by atoms with Crippen molar-refractivity contribution >= 4 is 23.0 Å². The number of alkyl halides is 1. The molecule has 0 radical (unpaired) electrons. The first-order valence-electron chi connectivity index (χ1n) is 1.79. The van der Waals surface area contributed by atoms with Crippen LogP contribution in [0.4, 0.5) is 4.39 Å². The zero-order valence-electron chi connectivity index (χ0n) is 3.69. The Morgan fingerprint density at radius 2 is 2.29 bits per heavy atom. The topological polar surface area (TPSA) is 18.5 Å². The molecule has 0 unspecified atom stereocenters. The molecule has 0 N–H and O–H groups in total. The number of rotatable bonds is 4. The molecule has 0 rings (SSSR count). The van der Waals surface area contributed by atoms with E-state index in [1.54, 1.807) is 23.0 Å². The quantitative estimate of drug-likeness (QED) is 0.403. The van der Waals surface area contributed by atoms with Gasteiger partial charge in [-0.1, -0.05) is 0 Å². The van der Waals surface area contributed by atoms with E-state index in [0.29, 0.717) is 0 Å². The van der Waals surface area contributed by atoms with E-state index in [-0.39, 0.29) is 13.4 Å². The summed E-state index contributed by atoms with van der Waals surface area (Å²) in [4.78, 5) is 0. The summed E-state index contributed by atoms with van der Waals surface area (Å²) in [5, 5.41) is 0. The molecular formula is C3H6FIO2. The van der Waals surface area contributed by atoms with Crippen LogP contribution < -0.4 is 0 Å². The smallest absolute Gasteiger partial charge is 0.158 e. The first-order valence-corrected chi connectivity index (χ1v) is 2.67. The van der Waals surface area contributed by atoms with E-state index in [9.17, 15) is 4.39 Å². The highest BCUT2D eigenvalue weighted by atomic mass is 127. The number of hydrogen-bond acceptors (Lipinski definition) is 2.